The minimum absolute atomic E-state index is 0.0162. The summed E-state index contributed by atoms with van der Waals surface area (Å²) in [6.07, 6.45) is 2.05. The van der Waals surface area contributed by atoms with Crippen LogP contribution in [0.3, 0.4) is 0 Å². The quantitative estimate of drug-likeness (QED) is 0.522. The Labute approximate surface area is 184 Å². The summed E-state index contributed by atoms with van der Waals surface area (Å²) in [5, 5.41) is 5.96. The number of imide groups is 1. The van der Waals surface area contributed by atoms with Crippen LogP contribution in [0, 0.1) is 5.92 Å². The molecule has 4 amide bonds. The summed E-state index contributed by atoms with van der Waals surface area (Å²) in [5.74, 6) is -1.90. The van der Waals surface area contributed by atoms with E-state index in [2.05, 4.69) is 10.6 Å². The third kappa shape index (κ3) is 4.39. The van der Waals surface area contributed by atoms with E-state index in [1.807, 2.05) is 6.92 Å². The Hall–Kier alpha value is -2.32. The van der Waals surface area contributed by atoms with Gasteiger partial charge in [0.2, 0.25) is 0 Å². The molecule has 2 aliphatic rings. The summed E-state index contributed by atoms with van der Waals surface area (Å²) in [7, 11) is 0. The number of rotatable bonds is 5. The topological polar surface area (TPSA) is 105 Å². The lowest BCUT2D eigenvalue weighted by molar-refractivity contribution is -0.155. The number of benzene rings is 1. The minimum Gasteiger partial charge on any atom is -0.451 e. The zero-order valence-corrected chi connectivity index (χ0v) is 18.2. The molecule has 1 aromatic carbocycles. The van der Waals surface area contributed by atoms with Crippen LogP contribution in [0.1, 0.15) is 39.5 Å². The van der Waals surface area contributed by atoms with E-state index in [4.69, 9.17) is 27.9 Å². The van der Waals surface area contributed by atoms with Crippen LogP contribution in [-0.4, -0.2) is 46.9 Å². The number of amides is 4. The summed E-state index contributed by atoms with van der Waals surface area (Å²) in [5.41, 5.74) is -0.638. The monoisotopic (exact) mass is 455 g/mol. The molecule has 162 valence electrons. The number of urea groups is 1. The van der Waals surface area contributed by atoms with Crippen LogP contribution in [0.25, 0.3) is 0 Å². The van der Waals surface area contributed by atoms with E-state index in [-0.39, 0.29) is 10.9 Å². The van der Waals surface area contributed by atoms with Crippen LogP contribution >= 0.6 is 23.2 Å². The molecular weight excluding hydrogens is 433 g/mol. The van der Waals surface area contributed by atoms with E-state index in [0.717, 1.165) is 24.2 Å². The molecule has 2 fully saturated rings. The van der Waals surface area contributed by atoms with Gasteiger partial charge in [0, 0.05) is 5.02 Å². The first-order valence-electron chi connectivity index (χ1n) is 9.73. The highest BCUT2D eigenvalue weighted by Gasteiger charge is 2.55. The highest BCUT2D eigenvalue weighted by Crippen LogP contribution is 2.38. The third-order valence-corrected chi connectivity index (χ3v) is 6.20. The Morgan fingerprint density at radius 2 is 2.07 bits per heavy atom. The predicted molar refractivity (Wildman–Crippen MR) is 111 cm³/mol. The maximum absolute atomic E-state index is 12.9. The molecule has 2 N–H and O–H groups in total. The van der Waals surface area contributed by atoms with Gasteiger partial charge in [-0.15, -0.1) is 0 Å². The molecule has 1 saturated heterocycles. The van der Waals surface area contributed by atoms with Crippen molar-refractivity contribution in [2.24, 2.45) is 5.92 Å². The average Bonchev–Trinajstić information content (AvgIpc) is 2.91. The Morgan fingerprint density at radius 3 is 2.73 bits per heavy atom. The molecule has 0 radical (unpaired) electrons. The number of nitrogens with one attached hydrogen (secondary N) is 2. The molecule has 10 heteroatoms. The van der Waals surface area contributed by atoms with E-state index < -0.39 is 42.0 Å². The Morgan fingerprint density at radius 1 is 1.33 bits per heavy atom. The molecule has 3 rings (SSSR count). The fourth-order valence-electron chi connectivity index (χ4n) is 3.88. The normalized spacial score (nSPS) is 24.5. The second kappa shape index (κ2) is 8.81. The van der Waals surface area contributed by atoms with Crippen molar-refractivity contribution in [3.8, 4) is 0 Å². The maximum atomic E-state index is 12.9. The van der Waals surface area contributed by atoms with E-state index >= 15 is 0 Å². The molecule has 1 aliphatic heterocycles. The first-order valence-corrected chi connectivity index (χ1v) is 10.5. The summed E-state index contributed by atoms with van der Waals surface area (Å²) in [4.78, 5) is 50.7. The molecular formula is C20H23Cl2N3O5. The highest BCUT2D eigenvalue weighted by molar-refractivity contribution is 6.36. The smallest absolute Gasteiger partial charge is 0.327 e. The molecule has 0 bridgehead atoms. The van der Waals surface area contributed by atoms with Gasteiger partial charge >= 0.3 is 12.0 Å². The Kier molecular flexibility index (Phi) is 6.57. The first kappa shape index (κ1) is 22.4. The molecule has 0 aromatic heterocycles. The Balaban J connectivity index is 1.58. The van der Waals surface area contributed by atoms with E-state index in [0.29, 0.717) is 17.1 Å². The van der Waals surface area contributed by atoms with E-state index in [1.165, 1.54) is 19.1 Å². The second-order valence-electron chi connectivity index (χ2n) is 7.69. The number of anilines is 1. The molecule has 1 heterocycles. The van der Waals surface area contributed by atoms with Gasteiger partial charge in [-0.1, -0.05) is 43.0 Å². The lowest BCUT2D eigenvalue weighted by Crippen LogP contribution is -2.54. The number of carbonyl (C=O) groups is 4. The van der Waals surface area contributed by atoms with Crippen LogP contribution in [0.5, 0.6) is 0 Å². The van der Waals surface area contributed by atoms with Crippen molar-refractivity contribution < 1.29 is 23.9 Å². The zero-order valence-electron chi connectivity index (χ0n) is 16.7. The van der Waals surface area contributed by atoms with Crippen LogP contribution < -0.4 is 10.6 Å². The summed E-state index contributed by atoms with van der Waals surface area (Å²) >= 11 is 11.8. The lowest BCUT2D eigenvalue weighted by atomic mass is 9.73. The largest absolute Gasteiger partial charge is 0.451 e. The molecule has 8 nitrogen and oxygen atoms in total. The van der Waals surface area contributed by atoms with Crippen molar-refractivity contribution in [3.05, 3.63) is 28.2 Å². The first-order chi connectivity index (χ1) is 14.1. The van der Waals surface area contributed by atoms with Gasteiger partial charge in [0.05, 0.1) is 10.7 Å². The fourth-order valence-corrected chi connectivity index (χ4v) is 4.34. The average molecular weight is 456 g/mol. The Bertz CT molecular complexity index is 893. The maximum Gasteiger partial charge on any atom is 0.327 e. The second-order valence-corrected chi connectivity index (χ2v) is 8.53. The zero-order chi connectivity index (χ0) is 22.1. The fraction of sp³-hybridized carbons (Fsp3) is 0.500. The van der Waals surface area contributed by atoms with Gasteiger partial charge in [-0.3, -0.25) is 19.3 Å². The van der Waals surface area contributed by atoms with Gasteiger partial charge in [-0.05, 0) is 43.9 Å². The van der Waals surface area contributed by atoms with Crippen LogP contribution in [0.2, 0.25) is 10.0 Å². The van der Waals surface area contributed by atoms with Gasteiger partial charge in [-0.25, -0.2) is 4.79 Å². The van der Waals surface area contributed by atoms with Crippen LogP contribution in [0.4, 0.5) is 10.5 Å². The molecule has 0 unspecified atom stereocenters. The van der Waals surface area contributed by atoms with Crippen molar-refractivity contribution in [3.63, 3.8) is 0 Å². The molecule has 1 aromatic rings. The molecule has 1 spiro atoms. The van der Waals surface area contributed by atoms with Crippen molar-refractivity contribution in [1.82, 2.24) is 10.2 Å². The highest BCUT2D eigenvalue weighted by atomic mass is 35.5. The lowest BCUT2D eigenvalue weighted by Gasteiger charge is -2.36. The number of nitrogens with zero attached hydrogens (tertiary/aromatic N) is 1. The summed E-state index contributed by atoms with van der Waals surface area (Å²) < 4.78 is 5.12. The number of carbonyl (C=O) groups excluding carboxylic acids is 4. The van der Waals surface area contributed by atoms with Crippen molar-refractivity contribution in [2.45, 2.75) is 51.2 Å². The van der Waals surface area contributed by atoms with Gasteiger partial charge < -0.3 is 15.4 Å². The van der Waals surface area contributed by atoms with Crippen LogP contribution in [-0.2, 0) is 19.1 Å². The van der Waals surface area contributed by atoms with Gasteiger partial charge in [0.25, 0.3) is 11.8 Å². The standard InChI is InChI=1S/C20H23Cl2N3O5/c1-11-5-3-4-8-20(11)18(28)25(19(29)24-20)10-16(26)30-12(2)17(27)23-15-7-6-13(21)9-14(15)22/h6-7,9,11-12H,3-5,8,10H2,1-2H3,(H,23,27)(H,24,29)/t11-,12-,20+/m0/s1. The molecule has 1 aliphatic carbocycles. The van der Waals surface area contributed by atoms with Crippen molar-refractivity contribution in [2.75, 3.05) is 11.9 Å². The molecule has 3 atom stereocenters. The number of hydrogen-bond donors (Lipinski definition) is 2. The SMILES string of the molecule is C[C@H](OC(=O)CN1C(=O)N[C@@]2(CCCC[C@@H]2C)C1=O)C(=O)Nc1ccc(Cl)cc1Cl. The summed E-state index contributed by atoms with van der Waals surface area (Å²) in [6, 6.07) is 3.93. The minimum atomic E-state index is -1.16. The van der Waals surface area contributed by atoms with Gasteiger partial charge in [0.15, 0.2) is 6.10 Å². The number of esters is 1. The van der Waals surface area contributed by atoms with E-state index in [1.54, 1.807) is 6.07 Å². The number of hydrogen-bond acceptors (Lipinski definition) is 5. The summed E-state index contributed by atoms with van der Waals surface area (Å²) in [6.45, 7) is 2.75. The molecule has 1 saturated carbocycles. The van der Waals surface area contributed by atoms with Crippen molar-refractivity contribution >= 4 is 52.7 Å². The van der Waals surface area contributed by atoms with Crippen molar-refractivity contribution in [1.29, 1.82) is 0 Å². The van der Waals surface area contributed by atoms with Crippen LogP contribution in [0.15, 0.2) is 18.2 Å². The third-order valence-electron chi connectivity index (χ3n) is 5.66. The molecule has 30 heavy (non-hydrogen) atoms. The van der Waals surface area contributed by atoms with Gasteiger partial charge in [0.1, 0.15) is 12.1 Å². The van der Waals surface area contributed by atoms with Gasteiger partial charge in [-0.2, -0.15) is 0 Å². The van der Waals surface area contributed by atoms with E-state index in [9.17, 15) is 19.2 Å². The predicted octanol–water partition coefficient (Wildman–Crippen LogP) is 3.36. The number of ether oxygens (including phenoxy) is 1. The number of halogens is 2.